The number of allylic oxidation sites excluding steroid dienone is 1. The van der Waals surface area contributed by atoms with Crippen molar-refractivity contribution in [3.8, 4) is 11.3 Å². The summed E-state index contributed by atoms with van der Waals surface area (Å²) in [6, 6.07) is 23.5. The standard InChI is InChI=1S/C33H23Cl2N3O5S/c1-18-28(30(39)37-22-6-4-3-5-7-22)29(19-8-10-20(34)11-9-19)38-31(40)27(44-33(38)36-18)17-23-13-15-26(43-23)25-16-21(35)12-14-24(25)32(41)42-2/h3-17,29H,1-2H3,(H,37,39)/b27-17+/t29-/m1/s1. The van der Waals surface area contributed by atoms with Crippen LogP contribution >= 0.6 is 34.5 Å². The number of nitrogens with zero attached hydrogens (tertiary/aromatic N) is 2. The highest BCUT2D eigenvalue weighted by atomic mass is 35.5. The van der Waals surface area contributed by atoms with E-state index in [4.69, 9.17) is 32.4 Å². The Morgan fingerprint density at radius 2 is 1.73 bits per heavy atom. The van der Waals surface area contributed by atoms with E-state index in [0.717, 1.165) is 0 Å². The summed E-state index contributed by atoms with van der Waals surface area (Å²) >= 11 is 13.6. The van der Waals surface area contributed by atoms with Crippen LogP contribution in [0.15, 0.2) is 110 Å². The Bertz CT molecular complexity index is 2130. The molecule has 220 valence electrons. The molecule has 0 saturated heterocycles. The lowest BCUT2D eigenvalue weighted by molar-refractivity contribution is -0.113. The lowest BCUT2D eigenvalue weighted by atomic mass is 9.95. The normalized spacial score (nSPS) is 14.6. The van der Waals surface area contributed by atoms with Gasteiger partial charge in [-0.2, -0.15) is 0 Å². The molecule has 0 unspecified atom stereocenters. The maximum Gasteiger partial charge on any atom is 0.338 e. The molecule has 3 aromatic carbocycles. The molecule has 0 spiro atoms. The molecule has 2 aromatic heterocycles. The first kappa shape index (κ1) is 29.4. The van der Waals surface area contributed by atoms with Crippen LogP contribution in [0, 0.1) is 0 Å². The zero-order valence-corrected chi connectivity index (χ0v) is 25.7. The largest absolute Gasteiger partial charge is 0.465 e. The fourth-order valence-corrected chi connectivity index (χ4v) is 6.33. The molecule has 0 saturated carbocycles. The number of fused-ring (bicyclic) bond motifs is 1. The molecule has 5 aromatic rings. The van der Waals surface area contributed by atoms with Crippen LogP contribution in [0.5, 0.6) is 0 Å². The number of hydrogen-bond donors (Lipinski definition) is 1. The zero-order valence-electron chi connectivity index (χ0n) is 23.3. The minimum absolute atomic E-state index is 0.289. The van der Waals surface area contributed by atoms with Crippen molar-refractivity contribution in [2.75, 3.05) is 12.4 Å². The molecule has 1 aliphatic rings. The summed E-state index contributed by atoms with van der Waals surface area (Å²) in [4.78, 5) is 45.1. The van der Waals surface area contributed by atoms with Crippen molar-refractivity contribution in [1.82, 2.24) is 4.57 Å². The van der Waals surface area contributed by atoms with E-state index in [-0.39, 0.29) is 17.0 Å². The number of benzene rings is 3. The van der Waals surface area contributed by atoms with Gasteiger partial charge in [-0.05, 0) is 67.1 Å². The number of nitrogens with one attached hydrogen (secondary N) is 1. The number of carbonyl (C=O) groups excluding carboxylic acids is 2. The summed E-state index contributed by atoms with van der Waals surface area (Å²) < 4.78 is 12.8. The number of methoxy groups -OCH3 is 1. The van der Waals surface area contributed by atoms with Gasteiger partial charge < -0.3 is 14.5 Å². The molecule has 3 heterocycles. The summed E-state index contributed by atoms with van der Waals surface area (Å²) in [5.41, 5.74) is 2.55. The van der Waals surface area contributed by atoms with Crippen molar-refractivity contribution in [1.29, 1.82) is 0 Å². The van der Waals surface area contributed by atoms with Gasteiger partial charge in [-0.15, -0.1) is 0 Å². The van der Waals surface area contributed by atoms with Gasteiger partial charge in [0.2, 0.25) is 0 Å². The average Bonchev–Trinajstić information content (AvgIpc) is 3.61. The van der Waals surface area contributed by atoms with Crippen molar-refractivity contribution in [3.05, 3.63) is 143 Å². The number of furan rings is 1. The maximum atomic E-state index is 14.0. The molecule has 44 heavy (non-hydrogen) atoms. The van der Waals surface area contributed by atoms with E-state index in [2.05, 4.69) is 10.3 Å². The number of hydrogen-bond acceptors (Lipinski definition) is 7. The van der Waals surface area contributed by atoms with Gasteiger partial charge in [0, 0.05) is 27.4 Å². The van der Waals surface area contributed by atoms with Gasteiger partial charge >= 0.3 is 5.97 Å². The number of para-hydroxylation sites is 1. The molecule has 8 nitrogen and oxygen atoms in total. The molecule has 1 amide bonds. The highest BCUT2D eigenvalue weighted by Gasteiger charge is 2.32. The van der Waals surface area contributed by atoms with Crippen LogP contribution in [0.4, 0.5) is 5.69 Å². The van der Waals surface area contributed by atoms with Crippen molar-refractivity contribution in [2.45, 2.75) is 13.0 Å². The molecule has 1 aliphatic heterocycles. The number of esters is 1. The highest BCUT2D eigenvalue weighted by Crippen LogP contribution is 2.32. The number of halogens is 2. The second kappa shape index (κ2) is 12.1. The maximum absolute atomic E-state index is 14.0. The molecule has 11 heteroatoms. The Hall–Kier alpha value is -4.70. The average molecular weight is 645 g/mol. The van der Waals surface area contributed by atoms with E-state index in [1.807, 2.05) is 18.2 Å². The third kappa shape index (κ3) is 5.65. The second-order valence-corrected chi connectivity index (χ2v) is 11.7. The van der Waals surface area contributed by atoms with Gasteiger partial charge in [0.05, 0.1) is 34.5 Å². The molecule has 6 rings (SSSR count). The van der Waals surface area contributed by atoms with E-state index >= 15 is 0 Å². The third-order valence-corrected chi connectivity index (χ3v) is 8.51. The van der Waals surface area contributed by atoms with Crippen LogP contribution in [0.25, 0.3) is 17.4 Å². The molecular formula is C33H23Cl2N3O5S. The Kier molecular flexibility index (Phi) is 8.09. The summed E-state index contributed by atoms with van der Waals surface area (Å²) in [5.74, 6) is -0.151. The number of anilines is 1. The van der Waals surface area contributed by atoms with Crippen molar-refractivity contribution in [3.63, 3.8) is 0 Å². The van der Waals surface area contributed by atoms with Crippen LogP contribution < -0.4 is 20.2 Å². The first-order chi connectivity index (χ1) is 21.2. The van der Waals surface area contributed by atoms with Gasteiger partial charge in [0.25, 0.3) is 11.5 Å². The predicted molar refractivity (Wildman–Crippen MR) is 171 cm³/mol. The van der Waals surface area contributed by atoms with E-state index in [1.165, 1.54) is 23.0 Å². The van der Waals surface area contributed by atoms with Crippen molar-refractivity contribution < 1.29 is 18.7 Å². The lowest BCUT2D eigenvalue weighted by Crippen LogP contribution is -2.40. The highest BCUT2D eigenvalue weighted by molar-refractivity contribution is 7.07. The van der Waals surface area contributed by atoms with Gasteiger partial charge in [0.1, 0.15) is 11.5 Å². The Balaban J connectivity index is 1.44. The van der Waals surface area contributed by atoms with Crippen LogP contribution in [-0.4, -0.2) is 23.6 Å². The number of rotatable bonds is 6. The monoisotopic (exact) mass is 643 g/mol. The van der Waals surface area contributed by atoms with Gasteiger partial charge in [-0.3, -0.25) is 14.2 Å². The third-order valence-electron chi connectivity index (χ3n) is 7.04. The lowest BCUT2D eigenvalue weighted by Gasteiger charge is -2.25. The second-order valence-electron chi connectivity index (χ2n) is 9.84. The summed E-state index contributed by atoms with van der Waals surface area (Å²) in [6.45, 7) is 1.75. The van der Waals surface area contributed by atoms with Crippen molar-refractivity contribution in [2.24, 2.45) is 4.99 Å². The Morgan fingerprint density at radius 1 is 1.00 bits per heavy atom. The SMILES string of the molecule is COC(=O)c1ccc(Cl)cc1-c1ccc(/C=c2/sc3n(c2=O)[C@H](c2ccc(Cl)cc2)C(C(=O)Nc2ccccc2)=C(C)N=3)o1. The van der Waals surface area contributed by atoms with E-state index in [9.17, 15) is 14.4 Å². The fraction of sp³-hybridized carbons (Fsp3) is 0.0909. The number of carbonyl (C=O) groups is 2. The predicted octanol–water partition coefficient (Wildman–Crippen LogP) is 6.23. The minimum Gasteiger partial charge on any atom is -0.465 e. The number of amides is 1. The van der Waals surface area contributed by atoms with E-state index in [0.29, 0.717) is 59.0 Å². The first-order valence-corrected chi connectivity index (χ1v) is 14.9. The summed E-state index contributed by atoms with van der Waals surface area (Å²) in [6.07, 6.45) is 1.61. The topological polar surface area (TPSA) is 103 Å². The first-order valence-electron chi connectivity index (χ1n) is 13.4. The summed E-state index contributed by atoms with van der Waals surface area (Å²) in [5, 5.41) is 3.88. The quantitative estimate of drug-likeness (QED) is 0.221. The number of ether oxygens (including phenoxy) is 1. The fourth-order valence-electron chi connectivity index (χ4n) is 5.00. The molecule has 0 fully saturated rings. The van der Waals surface area contributed by atoms with E-state index < -0.39 is 12.0 Å². The molecule has 1 N–H and O–H groups in total. The van der Waals surface area contributed by atoms with Crippen LogP contribution in [0.2, 0.25) is 10.0 Å². The molecule has 1 atom stereocenters. The van der Waals surface area contributed by atoms with Gasteiger partial charge in [0.15, 0.2) is 4.80 Å². The Morgan fingerprint density at radius 3 is 2.45 bits per heavy atom. The molecule has 0 aliphatic carbocycles. The molecule has 0 bridgehead atoms. The van der Waals surface area contributed by atoms with Gasteiger partial charge in [-0.1, -0.05) is 64.9 Å². The van der Waals surface area contributed by atoms with Crippen LogP contribution in [-0.2, 0) is 9.53 Å². The number of thiazole rings is 1. The van der Waals surface area contributed by atoms with Crippen LogP contribution in [0.1, 0.15) is 34.6 Å². The smallest absolute Gasteiger partial charge is 0.338 e. The number of aromatic nitrogens is 1. The molecule has 0 radical (unpaired) electrons. The Labute approximate surface area is 265 Å². The van der Waals surface area contributed by atoms with Gasteiger partial charge in [-0.25, -0.2) is 9.79 Å². The van der Waals surface area contributed by atoms with Crippen LogP contribution in [0.3, 0.4) is 0 Å². The minimum atomic E-state index is -0.754. The summed E-state index contributed by atoms with van der Waals surface area (Å²) in [7, 11) is 1.30. The zero-order chi connectivity index (χ0) is 31.0. The molecular weight excluding hydrogens is 621 g/mol. The van der Waals surface area contributed by atoms with E-state index in [1.54, 1.807) is 79.7 Å². The van der Waals surface area contributed by atoms with Crippen molar-refractivity contribution >= 4 is 58.2 Å².